The second-order valence-electron chi connectivity index (χ2n) is 4.94. The summed E-state index contributed by atoms with van der Waals surface area (Å²) in [6, 6.07) is 7.67. The number of pyridine rings is 1. The summed E-state index contributed by atoms with van der Waals surface area (Å²) in [5.74, 6) is 0. The molecule has 94 valence electrons. The largest absolute Gasteiger partial charge is 0.329 e. The Bertz CT molecular complexity index is 339. The van der Waals surface area contributed by atoms with Crippen LogP contribution >= 0.6 is 0 Å². The van der Waals surface area contributed by atoms with Gasteiger partial charge in [0.05, 0.1) is 11.7 Å². The van der Waals surface area contributed by atoms with Crippen molar-refractivity contribution in [3.05, 3.63) is 30.1 Å². The highest BCUT2D eigenvalue weighted by molar-refractivity contribution is 5.11. The van der Waals surface area contributed by atoms with Gasteiger partial charge in [0.2, 0.25) is 0 Å². The Balaban J connectivity index is 2.23. The highest BCUT2D eigenvalue weighted by Gasteiger charge is 2.35. The van der Waals surface area contributed by atoms with Crippen LogP contribution in [-0.2, 0) is 0 Å². The normalized spacial score (nSPS) is 27.2. The van der Waals surface area contributed by atoms with Crippen molar-refractivity contribution in [2.24, 2.45) is 5.73 Å². The van der Waals surface area contributed by atoms with E-state index in [9.17, 15) is 0 Å². The summed E-state index contributed by atoms with van der Waals surface area (Å²) in [4.78, 5) is 7.05. The Morgan fingerprint density at radius 1 is 1.47 bits per heavy atom. The molecular formula is C14H23N3. The third kappa shape index (κ3) is 2.50. The predicted octanol–water partition coefficient (Wildman–Crippen LogP) is 2.34. The van der Waals surface area contributed by atoms with Crippen LogP contribution in [0, 0.1) is 0 Å². The molecule has 0 saturated carbocycles. The van der Waals surface area contributed by atoms with Crippen molar-refractivity contribution in [2.75, 3.05) is 6.54 Å². The minimum Gasteiger partial charge on any atom is -0.329 e. The maximum Gasteiger partial charge on any atom is 0.0649 e. The number of hydrogen-bond acceptors (Lipinski definition) is 3. The van der Waals surface area contributed by atoms with Crippen molar-refractivity contribution in [3.63, 3.8) is 0 Å². The zero-order chi connectivity index (χ0) is 12.3. The van der Waals surface area contributed by atoms with Crippen LogP contribution in [0.4, 0.5) is 0 Å². The SMILES string of the molecule is CCC1CCC(C)N1C(CN)c1ccccn1. The van der Waals surface area contributed by atoms with E-state index in [4.69, 9.17) is 5.73 Å². The van der Waals surface area contributed by atoms with Gasteiger partial charge in [-0.25, -0.2) is 0 Å². The fourth-order valence-corrected chi connectivity index (χ4v) is 3.04. The summed E-state index contributed by atoms with van der Waals surface area (Å²) in [6.07, 6.45) is 5.64. The third-order valence-corrected chi connectivity index (χ3v) is 3.93. The zero-order valence-corrected chi connectivity index (χ0v) is 10.8. The van der Waals surface area contributed by atoms with Crippen LogP contribution in [0.25, 0.3) is 0 Å². The van der Waals surface area contributed by atoms with Crippen molar-refractivity contribution in [2.45, 2.75) is 51.2 Å². The van der Waals surface area contributed by atoms with Gasteiger partial charge in [0.15, 0.2) is 0 Å². The minimum atomic E-state index is 0.277. The first kappa shape index (κ1) is 12.5. The number of rotatable bonds is 4. The van der Waals surface area contributed by atoms with Crippen molar-refractivity contribution in [1.82, 2.24) is 9.88 Å². The van der Waals surface area contributed by atoms with Crippen LogP contribution in [0.1, 0.15) is 44.8 Å². The molecule has 3 heteroatoms. The number of aromatic nitrogens is 1. The maximum absolute atomic E-state index is 5.98. The molecule has 0 amide bonds. The minimum absolute atomic E-state index is 0.277. The second-order valence-corrected chi connectivity index (χ2v) is 4.94. The van der Waals surface area contributed by atoms with Crippen LogP contribution in [0.2, 0.25) is 0 Å². The Morgan fingerprint density at radius 3 is 2.88 bits per heavy atom. The van der Waals surface area contributed by atoms with Crippen LogP contribution in [0.3, 0.4) is 0 Å². The predicted molar refractivity (Wildman–Crippen MR) is 70.6 cm³/mol. The van der Waals surface area contributed by atoms with Gasteiger partial charge in [-0.15, -0.1) is 0 Å². The van der Waals surface area contributed by atoms with Gasteiger partial charge < -0.3 is 5.73 Å². The van der Waals surface area contributed by atoms with E-state index in [-0.39, 0.29) is 6.04 Å². The molecule has 2 rings (SSSR count). The number of hydrogen-bond donors (Lipinski definition) is 1. The molecule has 0 radical (unpaired) electrons. The lowest BCUT2D eigenvalue weighted by molar-refractivity contribution is 0.134. The summed E-state index contributed by atoms with van der Waals surface area (Å²) < 4.78 is 0. The van der Waals surface area contributed by atoms with Crippen molar-refractivity contribution < 1.29 is 0 Å². The second kappa shape index (κ2) is 5.61. The monoisotopic (exact) mass is 233 g/mol. The number of nitrogens with two attached hydrogens (primary N) is 1. The summed E-state index contributed by atoms with van der Waals surface area (Å²) >= 11 is 0. The lowest BCUT2D eigenvalue weighted by Crippen LogP contribution is -2.41. The molecule has 1 aliphatic heterocycles. The van der Waals surface area contributed by atoms with Gasteiger partial charge in [-0.1, -0.05) is 13.0 Å². The number of likely N-dealkylation sites (tertiary alicyclic amines) is 1. The van der Waals surface area contributed by atoms with Crippen LogP contribution in [-0.4, -0.2) is 28.5 Å². The number of nitrogens with zero attached hydrogens (tertiary/aromatic N) is 2. The Hall–Kier alpha value is -0.930. The van der Waals surface area contributed by atoms with Gasteiger partial charge in [0.1, 0.15) is 0 Å². The van der Waals surface area contributed by atoms with Crippen LogP contribution < -0.4 is 5.73 Å². The Kier molecular flexibility index (Phi) is 4.13. The average molecular weight is 233 g/mol. The first-order valence-electron chi connectivity index (χ1n) is 6.66. The van der Waals surface area contributed by atoms with Crippen molar-refractivity contribution in [1.29, 1.82) is 0 Å². The molecule has 2 N–H and O–H groups in total. The van der Waals surface area contributed by atoms with E-state index >= 15 is 0 Å². The third-order valence-electron chi connectivity index (χ3n) is 3.93. The summed E-state index contributed by atoms with van der Waals surface area (Å²) in [6.45, 7) is 5.22. The van der Waals surface area contributed by atoms with Crippen LogP contribution in [0.5, 0.6) is 0 Å². The Morgan fingerprint density at radius 2 is 2.29 bits per heavy atom. The van der Waals surface area contributed by atoms with E-state index < -0.39 is 0 Å². The molecule has 0 aromatic carbocycles. The standard InChI is InChI=1S/C14H23N3/c1-3-12-8-7-11(2)17(12)14(10-15)13-6-4-5-9-16-13/h4-6,9,11-12,14H,3,7-8,10,15H2,1-2H3. The molecule has 1 aliphatic rings. The van der Waals surface area contributed by atoms with Crippen molar-refractivity contribution >= 4 is 0 Å². The van der Waals surface area contributed by atoms with E-state index in [1.54, 1.807) is 0 Å². The molecule has 0 spiro atoms. The van der Waals surface area contributed by atoms with E-state index in [1.165, 1.54) is 19.3 Å². The highest BCUT2D eigenvalue weighted by atomic mass is 15.2. The Labute approximate surface area is 104 Å². The van der Waals surface area contributed by atoms with Gasteiger partial charge in [-0.05, 0) is 38.3 Å². The smallest absolute Gasteiger partial charge is 0.0649 e. The van der Waals surface area contributed by atoms with Gasteiger partial charge >= 0.3 is 0 Å². The fourth-order valence-electron chi connectivity index (χ4n) is 3.04. The lowest BCUT2D eigenvalue weighted by atomic mass is 10.1. The molecular weight excluding hydrogens is 210 g/mol. The molecule has 1 aromatic heterocycles. The first-order valence-corrected chi connectivity index (χ1v) is 6.66. The average Bonchev–Trinajstić information content (AvgIpc) is 2.74. The molecule has 3 unspecified atom stereocenters. The maximum atomic E-state index is 5.98. The topological polar surface area (TPSA) is 42.1 Å². The van der Waals surface area contributed by atoms with Gasteiger partial charge in [0, 0.05) is 24.8 Å². The van der Waals surface area contributed by atoms with Gasteiger partial charge in [-0.2, -0.15) is 0 Å². The van der Waals surface area contributed by atoms with Crippen molar-refractivity contribution in [3.8, 4) is 0 Å². The summed E-state index contributed by atoms with van der Waals surface area (Å²) in [5.41, 5.74) is 7.10. The lowest BCUT2D eigenvalue weighted by Gasteiger charge is -2.35. The van der Waals surface area contributed by atoms with Crippen LogP contribution in [0.15, 0.2) is 24.4 Å². The first-order chi connectivity index (χ1) is 8.27. The molecule has 17 heavy (non-hydrogen) atoms. The summed E-state index contributed by atoms with van der Waals surface area (Å²) in [5, 5.41) is 0. The molecule has 1 saturated heterocycles. The molecule has 0 aliphatic carbocycles. The van der Waals surface area contributed by atoms with E-state index in [0.29, 0.717) is 18.6 Å². The summed E-state index contributed by atoms with van der Waals surface area (Å²) in [7, 11) is 0. The van der Waals surface area contributed by atoms with E-state index in [1.807, 2.05) is 18.3 Å². The molecule has 2 heterocycles. The highest BCUT2D eigenvalue weighted by Crippen LogP contribution is 2.33. The van der Waals surface area contributed by atoms with E-state index in [0.717, 1.165) is 5.69 Å². The van der Waals surface area contributed by atoms with Gasteiger partial charge in [-0.3, -0.25) is 9.88 Å². The molecule has 3 atom stereocenters. The van der Waals surface area contributed by atoms with E-state index in [2.05, 4.69) is 29.8 Å². The molecule has 1 fully saturated rings. The fraction of sp³-hybridized carbons (Fsp3) is 0.643. The molecule has 3 nitrogen and oxygen atoms in total. The van der Waals surface area contributed by atoms with Gasteiger partial charge in [0.25, 0.3) is 0 Å². The molecule has 0 bridgehead atoms. The zero-order valence-electron chi connectivity index (χ0n) is 10.8. The molecule has 1 aromatic rings. The quantitative estimate of drug-likeness (QED) is 0.868.